The van der Waals surface area contributed by atoms with Gasteiger partial charge in [0.25, 0.3) is 5.24 Å². The van der Waals surface area contributed by atoms with Crippen LogP contribution >= 0.6 is 23.4 Å². The molecule has 1 atom stereocenters. The number of hydrogen-bond acceptors (Lipinski definition) is 5. The number of rotatable bonds is 3. The van der Waals surface area contributed by atoms with Crippen LogP contribution < -0.4 is 0 Å². The molecule has 0 spiro atoms. The summed E-state index contributed by atoms with van der Waals surface area (Å²) in [7, 11) is -3.85. The first-order valence-corrected chi connectivity index (χ1v) is 9.55. The van der Waals surface area contributed by atoms with Crippen molar-refractivity contribution in [3.63, 3.8) is 0 Å². The number of nitrogens with zero attached hydrogens (tertiary/aromatic N) is 2. The Morgan fingerprint density at radius 3 is 2.65 bits per heavy atom. The van der Waals surface area contributed by atoms with E-state index in [1.807, 2.05) is 0 Å². The number of carbonyl (C=O) groups excluding carboxylic acids is 2. The minimum atomic E-state index is -3.85. The Bertz CT molecular complexity index is 770. The molecule has 0 aromatic heterocycles. The van der Waals surface area contributed by atoms with Crippen LogP contribution in [0.3, 0.4) is 0 Å². The lowest BCUT2D eigenvalue weighted by atomic mass is 10.2. The second kappa shape index (κ2) is 6.04. The van der Waals surface area contributed by atoms with Crippen LogP contribution in [-0.4, -0.2) is 53.7 Å². The zero-order chi connectivity index (χ0) is 16.8. The average Bonchev–Trinajstić information content (AvgIpc) is 3.09. The van der Waals surface area contributed by atoms with Crippen LogP contribution in [0.4, 0.5) is 9.18 Å². The van der Waals surface area contributed by atoms with E-state index in [0.29, 0.717) is 6.42 Å². The molecule has 0 aliphatic carbocycles. The number of carbonyl (C=O) groups is 2. The number of benzene rings is 1. The van der Waals surface area contributed by atoms with Gasteiger partial charge < -0.3 is 0 Å². The van der Waals surface area contributed by atoms with Crippen molar-refractivity contribution in [3.05, 3.63) is 29.0 Å². The molecule has 2 heterocycles. The largest absolute Gasteiger partial charge is 0.289 e. The molecule has 10 heteroatoms. The van der Waals surface area contributed by atoms with Gasteiger partial charge >= 0.3 is 0 Å². The van der Waals surface area contributed by atoms with E-state index in [0.717, 1.165) is 34.9 Å². The van der Waals surface area contributed by atoms with Gasteiger partial charge in [-0.25, -0.2) is 12.8 Å². The summed E-state index contributed by atoms with van der Waals surface area (Å²) in [5, 5.41) is -0.618. The molecule has 2 aliphatic rings. The standard InChI is InChI=1S/C13H12ClFN2O4S2/c14-10-5-9(1-2-11(10)15)23(20,21)16-4-3-8(6-16)17-12(18)7-22-13(17)19/h1-2,5,8H,3-4,6-7H2. The maximum absolute atomic E-state index is 13.2. The van der Waals surface area contributed by atoms with Gasteiger partial charge in [-0.2, -0.15) is 4.31 Å². The lowest BCUT2D eigenvalue weighted by molar-refractivity contribution is -0.126. The smallest absolute Gasteiger partial charge is 0.273 e. The van der Waals surface area contributed by atoms with Crippen LogP contribution in [0.1, 0.15) is 6.42 Å². The number of imide groups is 1. The van der Waals surface area contributed by atoms with E-state index in [9.17, 15) is 22.4 Å². The van der Waals surface area contributed by atoms with Gasteiger partial charge in [-0.1, -0.05) is 23.4 Å². The normalized spacial score (nSPS) is 23.0. The Morgan fingerprint density at radius 2 is 2.04 bits per heavy atom. The zero-order valence-electron chi connectivity index (χ0n) is 11.7. The van der Waals surface area contributed by atoms with Crippen molar-refractivity contribution in [1.82, 2.24) is 9.21 Å². The minimum absolute atomic E-state index is 0.0371. The van der Waals surface area contributed by atoms with E-state index in [4.69, 9.17) is 11.6 Å². The fourth-order valence-electron chi connectivity index (χ4n) is 2.64. The van der Waals surface area contributed by atoms with Gasteiger partial charge in [0.05, 0.1) is 21.7 Å². The van der Waals surface area contributed by atoms with Gasteiger partial charge in [-0.15, -0.1) is 0 Å². The third-order valence-corrected chi connectivity index (χ3v) is 6.79. The molecule has 0 saturated carbocycles. The summed E-state index contributed by atoms with van der Waals surface area (Å²) in [6.45, 7) is 0.221. The summed E-state index contributed by atoms with van der Waals surface area (Å²) >= 11 is 6.56. The highest BCUT2D eigenvalue weighted by Gasteiger charge is 2.42. The number of halogens is 2. The topological polar surface area (TPSA) is 74.8 Å². The summed E-state index contributed by atoms with van der Waals surface area (Å²) in [4.78, 5) is 24.5. The summed E-state index contributed by atoms with van der Waals surface area (Å²) < 4.78 is 39.5. The molecule has 3 rings (SSSR count). The highest BCUT2D eigenvalue weighted by atomic mass is 35.5. The molecule has 23 heavy (non-hydrogen) atoms. The molecule has 1 unspecified atom stereocenters. The first-order chi connectivity index (χ1) is 10.8. The molecule has 2 saturated heterocycles. The SMILES string of the molecule is O=C1CSC(=O)N1C1CCN(S(=O)(=O)c2ccc(F)c(Cl)c2)C1. The quantitative estimate of drug-likeness (QED) is 0.803. The van der Waals surface area contributed by atoms with Gasteiger partial charge in [-0.05, 0) is 24.6 Å². The van der Waals surface area contributed by atoms with Crippen molar-refractivity contribution in [2.45, 2.75) is 17.4 Å². The highest BCUT2D eigenvalue weighted by molar-refractivity contribution is 8.14. The number of sulfonamides is 1. The highest BCUT2D eigenvalue weighted by Crippen LogP contribution is 2.30. The van der Waals surface area contributed by atoms with Crippen molar-refractivity contribution in [2.24, 2.45) is 0 Å². The van der Waals surface area contributed by atoms with Crippen molar-refractivity contribution in [3.8, 4) is 0 Å². The van der Waals surface area contributed by atoms with E-state index < -0.39 is 21.9 Å². The molecular formula is C13H12ClFN2O4S2. The third-order valence-electron chi connectivity index (χ3n) is 3.80. The van der Waals surface area contributed by atoms with E-state index in [1.165, 1.54) is 4.31 Å². The third kappa shape index (κ3) is 2.98. The van der Waals surface area contributed by atoms with E-state index in [2.05, 4.69) is 0 Å². The van der Waals surface area contributed by atoms with Gasteiger partial charge in [0.15, 0.2) is 0 Å². The molecule has 2 fully saturated rings. The summed E-state index contributed by atoms with van der Waals surface area (Å²) in [6, 6.07) is 2.73. The Morgan fingerprint density at radius 1 is 1.30 bits per heavy atom. The molecule has 1 aromatic carbocycles. The second-order valence-corrected chi connectivity index (χ2v) is 8.47. The van der Waals surface area contributed by atoms with Gasteiger partial charge in [-0.3, -0.25) is 14.5 Å². The number of amides is 2. The molecular weight excluding hydrogens is 367 g/mol. The molecule has 124 valence electrons. The number of hydrogen-bond donors (Lipinski definition) is 0. The van der Waals surface area contributed by atoms with Gasteiger partial charge in [0.1, 0.15) is 5.82 Å². The fraction of sp³-hybridized carbons (Fsp3) is 0.385. The molecule has 0 N–H and O–H groups in total. The maximum atomic E-state index is 13.2. The Balaban J connectivity index is 1.81. The monoisotopic (exact) mass is 378 g/mol. The average molecular weight is 379 g/mol. The van der Waals surface area contributed by atoms with Crippen LogP contribution in [0.2, 0.25) is 5.02 Å². The van der Waals surface area contributed by atoms with Crippen LogP contribution in [0, 0.1) is 5.82 Å². The summed E-state index contributed by atoms with van der Waals surface area (Å²) in [6.07, 6.45) is 0.381. The van der Waals surface area contributed by atoms with Crippen molar-refractivity contribution in [2.75, 3.05) is 18.8 Å². The predicted octanol–water partition coefficient (Wildman–Crippen LogP) is 1.94. The predicted molar refractivity (Wildman–Crippen MR) is 83.3 cm³/mol. The number of thioether (sulfide) groups is 1. The Kier molecular flexibility index (Phi) is 4.39. The van der Waals surface area contributed by atoms with E-state index in [1.54, 1.807) is 0 Å². The van der Waals surface area contributed by atoms with E-state index in [-0.39, 0.29) is 39.9 Å². The zero-order valence-corrected chi connectivity index (χ0v) is 14.1. The van der Waals surface area contributed by atoms with Gasteiger partial charge in [0.2, 0.25) is 15.9 Å². The first kappa shape index (κ1) is 16.7. The lowest BCUT2D eigenvalue weighted by Crippen LogP contribution is -2.41. The summed E-state index contributed by atoms with van der Waals surface area (Å²) in [5.74, 6) is -0.903. The molecule has 6 nitrogen and oxygen atoms in total. The molecule has 2 amide bonds. The van der Waals surface area contributed by atoms with Gasteiger partial charge in [0, 0.05) is 13.1 Å². The maximum Gasteiger partial charge on any atom is 0.289 e. The van der Waals surface area contributed by atoms with E-state index >= 15 is 0 Å². The lowest BCUT2D eigenvalue weighted by Gasteiger charge is -2.21. The van der Waals surface area contributed by atoms with Crippen LogP contribution in [-0.2, 0) is 14.8 Å². The molecule has 1 aromatic rings. The Hall–Kier alpha value is -1.16. The molecule has 0 bridgehead atoms. The minimum Gasteiger partial charge on any atom is -0.273 e. The first-order valence-electron chi connectivity index (χ1n) is 6.74. The van der Waals surface area contributed by atoms with Crippen molar-refractivity contribution >= 4 is 44.5 Å². The van der Waals surface area contributed by atoms with Crippen LogP contribution in [0.25, 0.3) is 0 Å². The fourth-order valence-corrected chi connectivity index (χ4v) is 5.18. The molecule has 2 aliphatic heterocycles. The van der Waals surface area contributed by atoms with Crippen molar-refractivity contribution < 1.29 is 22.4 Å². The van der Waals surface area contributed by atoms with Crippen LogP contribution in [0.5, 0.6) is 0 Å². The summed E-state index contributed by atoms with van der Waals surface area (Å²) in [5.41, 5.74) is 0. The molecule has 0 radical (unpaired) electrons. The van der Waals surface area contributed by atoms with Crippen molar-refractivity contribution in [1.29, 1.82) is 0 Å². The second-order valence-electron chi connectivity index (χ2n) is 5.20. The Labute approximate surface area is 141 Å². The van der Waals surface area contributed by atoms with Crippen LogP contribution in [0.15, 0.2) is 23.1 Å².